The number of phenolic OH excluding ortho intramolecular Hbond substituents is 2. The lowest BCUT2D eigenvalue weighted by atomic mass is 9.86. The summed E-state index contributed by atoms with van der Waals surface area (Å²) in [7, 11) is 0. The van der Waals surface area contributed by atoms with Crippen molar-refractivity contribution in [3.8, 4) is 11.5 Å². The number of rotatable bonds is 2. The Balaban J connectivity index is 2.03. The van der Waals surface area contributed by atoms with Crippen molar-refractivity contribution >= 4 is 12.2 Å². The highest BCUT2D eigenvalue weighted by Crippen LogP contribution is 2.33. The molecule has 3 nitrogen and oxygen atoms in total. The molecule has 3 rings (SSSR count). The maximum Gasteiger partial charge on any atom is 0.122 e. The number of aliphatic hydroxyl groups is 1. The van der Waals surface area contributed by atoms with Gasteiger partial charge in [-0.25, -0.2) is 0 Å². The highest BCUT2D eigenvalue weighted by molar-refractivity contribution is 5.69. The second-order valence-corrected chi connectivity index (χ2v) is 7.06. The third-order valence-electron chi connectivity index (χ3n) is 4.59. The zero-order valence-electron chi connectivity index (χ0n) is 15.3. The molecule has 2 aromatic rings. The molecule has 26 heavy (non-hydrogen) atoms. The number of phenols is 2. The molecule has 1 aliphatic carbocycles. The van der Waals surface area contributed by atoms with Crippen LogP contribution in [-0.4, -0.2) is 21.4 Å². The lowest BCUT2D eigenvalue weighted by molar-refractivity contribution is 0.247. The quantitative estimate of drug-likeness (QED) is 0.724. The van der Waals surface area contributed by atoms with Crippen molar-refractivity contribution in [3.63, 3.8) is 0 Å². The van der Waals surface area contributed by atoms with Crippen molar-refractivity contribution in [2.75, 3.05) is 0 Å². The number of aryl methyl sites for hydroxylation is 2. The molecule has 1 unspecified atom stereocenters. The van der Waals surface area contributed by atoms with Gasteiger partial charge in [-0.2, -0.15) is 0 Å². The van der Waals surface area contributed by atoms with E-state index in [0.29, 0.717) is 17.5 Å². The van der Waals surface area contributed by atoms with Crippen LogP contribution in [0.1, 0.15) is 35.6 Å². The molecule has 134 valence electrons. The minimum absolute atomic E-state index is 0.189. The van der Waals surface area contributed by atoms with Crippen molar-refractivity contribution in [1.29, 1.82) is 0 Å². The van der Waals surface area contributed by atoms with Gasteiger partial charge in [-0.1, -0.05) is 34.9 Å². The van der Waals surface area contributed by atoms with Gasteiger partial charge in [0.15, 0.2) is 0 Å². The molecule has 0 heterocycles. The van der Waals surface area contributed by atoms with Gasteiger partial charge in [-0.3, -0.25) is 0 Å². The van der Waals surface area contributed by atoms with Gasteiger partial charge in [0.05, 0.1) is 0 Å². The molecule has 1 atom stereocenters. The fourth-order valence-corrected chi connectivity index (χ4v) is 3.26. The van der Waals surface area contributed by atoms with Crippen molar-refractivity contribution in [3.05, 3.63) is 81.4 Å². The molecule has 3 N–H and O–H groups in total. The van der Waals surface area contributed by atoms with Gasteiger partial charge in [0.2, 0.25) is 0 Å². The fourth-order valence-electron chi connectivity index (χ4n) is 3.26. The Hall–Kier alpha value is -2.78. The number of benzene rings is 2. The number of aromatic hydroxyl groups is 2. The average molecular weight is 348 g/mol. The maximum absolute atomic E-state index is 10.8. The Morgan fingerprint density at radius 2 is 1.38 bits per heavy atom. The number of hydrogen-bond acceptors (Lipinski definition) is 3. The molecule has 0 amide bonds. The van der Waals surface area contributed by atoms with Crippen LogP contribution in [0.5, 0.6) is 11.5 Å². The first-order valence-electron chi connectivity index (χ1n) is 8.70. The summed E-state index contributed by atoms with van der Waals surface area (Å²) in [6.07, 6.45) is 5.50. The predicted octanol–water partition coefficient (Wildman–Crippen LogP) is 4.89. The summed E-state index contributed by atoms with van der Waals surface area (Å²) in [5, 5.41) is 31.0. The van der Waals surface area contributed by atoms with Gasteiger partial charge < -0.3 is 15.3 Å². The largest absolute Gasteiger partial charge is 0.507 e. The molecular formula is C23H24O3. The van der Waals surface area contributed by atoms with E-state index in [1.807, 2.05) is 63.3 Å². The van der Waals surface area contributed by atoms with Crippen molar-refractivity contribution < 1.29 is 15.3 Å². The monoisotopic (exact) mass is 348 g/mol. The first kappa shape index (κ1) is 18.0. The van der Waals surface area contributed by atoms with Crippen LogP contribution in [0.3, 0.4) is 0 Å². The van der Waals surface area contributed by atoms with E-state index in [9.17, 15) is 15.3 Å². The molecule has 0 saturated carbocycles. The molecule has 0 radical (unpaired) electrons. The van der Waals surface area contributed by atoms with E-state index in [2.05, 4.69) is 0 Å². The van der Waals surface area contributed by atoms with Crippen LogP contribution >= 0.6 is 0 Å². The number of allylic oxidation sites excluding steroid dienone is 1. The van der Waals surface area contributed by atoms with E-state index in [1.165, 1.54) is 0 Å². The van der Waals surface area contributed by atoms with Gasteiger partial charge in [0.1, 0.15) is 17.6 Å². The zero-order valence-corrected chi connectivity index (χ0v) is 15.3. The van der Waals surface area contributed by atoms with Gasteiger partial charge in [0, 0.05) is 11.1 Å². The zero-order chi connectivity index (χ0) is 18.8. The molecule has 0 aromatic heterocycles. The molecule has 3 heteroatoms. The topological polar surface area (TPSA) is 60.7 Å². The van der Waals surface area contributed by atoms with Crippen LogP contribution in [0.2, 0.25) is 0 Å². The third-order valence-corrected chi connectivity index (χ3v) is 4.59. The standard InChI is InChI=1S/C23H24O3/c1-14-4-6-21(24)17(8-14)12-19-10-16(3)11-20(23(19)26)13-18-9-15(2)5-7-22(18)25/h4-10,12-13,23-26H,11H2,1-3H3. The number of aliphatic hydroxyl groups excluding tert-OH is 1. The Bertz CT molecular complexity index is 932. The summed E-state index contributed by atoms with van der Waals surface area (Å²) in [4.78, 5) is 0. The molecule has 2 aromatic carbocycles. The van der Waals surface area contributed by atoms with E-state index in [4.69, 9.17) is 0 Å². The Morgan fingerprint density at radius 3 is 1.96 bits per heavy atom. The summed E-state index contributed by atoms with van der Waals surface area (Å²) >= 11 is 0. The van der Waals surface area contributed by atoms with E-state index < -0.39 is 6.10 Å². The highest BCUT2D eigenvalue weighted by Gasteiger charge is 2.21. The van der Waals surface area contributed by atoms with Crippen LogP contribution in [-0.2, 0) is 0 Å². The maximum atomic E-state index is 10.8. The summed E-state index contributed by atoms with van der Waals surface area (Å²) < 4.78 is 0. The molecular weight excluding hydrogens is 324 g/mol. The molecule has 0 saturated heterocycles. The normalized spacial score (nSPS) is 20.5. The average Bonchev–Trinajstić information content (AvgIpc) is 2.58. The first-order chi connectivity index (χ1) is 12.3. The highest BCUT2D eigenvalue weighted by atomic mass is 16.3. The molecule has 0 spiro atoms. The first-order valence-corrected chi connectivity index (χ1v) is 8.70. The van der Waals surface area contributed by atoms with E-state index in [-0.39, 0.29) is 11.5 Å². The van der Waals surface area contributed by atoms with Crippen molar-refractivity contribution in [2.24, 2.45) is 0 Å². The Kier molecular flexibility index (Phi) is 5.01. The number of hydrogen-bond donors (Lipinski definition) is 3. The summed E-state index contributed by atoms with van der Waals surface area (Å²) in [6.45, 7) is 5.95. The van der Waals surface area contributed by atoms with Crippen molar-refractivity contribution in [2.45, 2.75) is 33.3 Å². The summed E-state index contributed by atoms with van der Waals surface area (Å²) in [5.74, 6) is 0.387. The van der Waals surface area contributed by atoms with Crippen LogP contribution in [0.25, 0.3) is 12.2 Å². The van der Waals surface area contributed by atoms with E-state index in [1.54, 1.807) is 12.1 Å². The van der Waals surface area contributed by atoms with E-state index >= 15 is 0 Å². The van der Waals surface area contributed by atoms with Crippen molar-refractivity contribution in [1.82, 2.24) is 0 Å². The Morgan fingerprint density at radius 1 is 0.846 bits per heavy atom. The van der Waals surface area contributed by atoms with Gasteiger partial charge >= 0.3 is 0 Å². The van der Waals surface area contributed by atoms with Crippen LogP contribution < -0.4 is 0 Å². The Labute approximate surface area is 154 Å². The molecule has 0 aliphatic heterocycles. The third kappa shape index (κ3) is 3.89. The second-order valence-electron chi connectivity index (χ2n) is 7.06. The smallest absolute Gasteiger partial charge is 0.122 e. The summed E-state index contributed by atoms with van der Waals surface area (Å²) in [6, 6.07) is 10.8. The predicted molar refractivity (Wildman–Crippen MR) is 106 cm³/mol. The minimum atomic E-state index is -0.779. The van der Waals surface area contributed by atoms with E-state index in [0.717, 1.165) is 27.8 Å². The fraction of sp³-hybridized carbons (Fsp3) is 0.217. The van der Waals surface area contributed by atoms with Gasteiger partial charge in [0.25, 0.3) is 0 Å². The lowest BCUT2D eigenvalue weighted by Crippen LogP contribution is -2.17. The van der Waals surface area contributed by atoms with Crippen LogP contribution in [0.4, 0.5) is 0 Å². The van der Waals surface area contributed by atoms with Gasteiger partial charge in [-0.15, -0.1) is 0 Å². The second kappa shape index (κ2) is 7.22. The summed E-state index contributed by atoms with van der Waals surface area (Å²) in [5.41, 5.74) is 6.15. The molecule has 1 aliphatic rings. The lowest BCUT2D eigenvalue weighted by Gasteiger charge is -2.23. The molecule has 0 fully saturated rings. The van der Waals surface area contributed by atoms with Crippen LogP contribution in [0.15, 0.2) is 59.2 Å². The molecule has 0 bridgehead atoms. The van der Waals surface area contributed by atoms with Crippen LogP contribution in [0, 0.1) is 13.8 Å². The minimum Gasteiger partial charge on any atom is -0.507 e. The van der Waals surface area contributed by atoms with Gasteiger partial charge in [-0.05, 0) is 74.8 Å². The SMILES string of the molecule is CC1=CC(=Cc2cc(C)ccc2O)C(O)C(=Cc2cc(C)ccc2O)C1.